The van der Waals surface area contributed by atoms with E-state index in [4.69, 9.17) is 23.2 Å². The number of sulfonamides is 1. The van der Waals surface area contributed by atoms with Crippen molar-refractivity contribution < 1.29 is 13.5 Å². The average Bonchev–Trinajstić information content (AvgIpc) is 2.87. The molecule has 1 N–H and O–H groups in total. The van der Waals surface area contributed by atoms with Crippen molar-refractivity contribution in [3.8, 4) is 5.75 Å². The van der Waals surface area contributed by atoms with Gasteiger partial charge in [0.1, 0.15) is 4.90 Å². The van der Waals surface area contributed by atoms with Crippen LogP contribution in [-0.4, -0.2) is 20.1 Å². The van der Waals surface area contributed by atoms with E-state index in [2.05, 4.69) is 0 Å². The van der Waals surface area contributed by atoms with E-state index in [0.29, 0.717) is 18.7 Å². The van der Waals surface area contributed by atoms with Crippen molar-refractivity contribution in [2.24, 2.45) is 0 Å². The molecular formula is C14H11Cl2NO3S. The monoisotopic (exact) mass is 343 g/mol. The number of benzene rings is 2. The molecular weight excluding hydrogens is 333 g/mol. The summed E-state index contributed by atoms with van der Waals surface area (Å²) in [4.78, 5) is -0.281. The number of nitrogens with zero attached hydrogens (tertiary/aromatic N) is 1. The standard InChI is InChI=1S/C14H11Cl2NO3S/c15-10-7-11(16)14(18)13(8-10)21(19,20)17-6-5-9-3-1-2-4-12(9)17/h1-4,7-8,18H,5-6H2. The van der Waals surface area contributed by atoms with Gasteiger partial charge in [0.2, 0.25) is 0 Å². The van der Waals surface area contributed by atoms with E-state index in [9.17, 15) is 13.5 Å². The van der Waals surface area contributed by atoms with Gasteiger partial charge >= 0.3 is 0 Å². The number of para-hydroxylation sites is 1. The molecule has 0 amide bonds. The van der Waals surface area contributed by atoms with E-state index in [1.165, 1.54) is 16.4 Å². The number of rotatable bonds is 2. The lowest BCUT2D eigenvalue weighted by atomic mass is 10.2. The Morgan fingerprint density at radius 2 is 1.86 bits per heavy atom. The number of phenols is 1. The van der Waals surface area contributed by atoms with Gasteiger partial charge in [0.25, 0.3) is 10.0 Å². The molecule has 21 heavy (non-hydrogen) atoms. The molecule has 0 unspecified atom stereocenters. The molecule has 110 valence electrons. The number of hydrogen-bond acceptors (Lipinski definition) is 3. The Bertz CT molecular complexity index is 821. The molecule has 0 aromatic heterocycles. The highest BCUT2D eigenvalue weighted by atomic mass is 35.5. The lowest BCUT2D eigenvalue weighted by Gasteiger charge is -2.20. The number of aromatic hydroxyl groups is 1. The summed E-state index contributed by atoms with van der Waals surface area (Å²) < 4.78 is 26.8. The average molecular weight is 344 g/mol. The van der Waals surface area contributed by atoms with Crippen LogP contribution in [0.5, 0.6) is 5.75 Å². The Hall–Kier alpha value is -1.43. The Kier molecular flexibility index (Phi) is 3.51. The van der Waals surface area contributed by atoms with Crippen LogP contribution in [0, 0.1) is 0 Å². The second-order valence-corrected chi connectivity index (χ2v) is 7.36. The Morgan fingerprint density at radius 1 is 1.14 bits per heavy atom. The predicted octanol–water partition coefficient (Wildman–Crippen LogP) is 3.45. The first-order valence-corrected chi connectivity index (χ1v) is 8.39. The molecule has 0 spiro atoms. The zero-order valence-electron chi connectivity index (χ0n) is 10.8. The second-order valence-electron chi connectivity index (χ2n) is 4.69. The zero-order chi connectivity index (χ0) is 15.2. The maximum atomic E-state index is 12.8. The van der Waals surface area contributed by atoms with E-state index in [1.54, 1.807) is 12.1 Å². The SMILES string of the molecule is O=S(=O)(c1cc(Cl)cc(Cl)c1O)N1CCc2ccccc21. The molecule has 0 saturated carbocycles. The van der Waals surface area contributed by atoms with Crippen molar-refractivity contribution >= 4 is 38.9 Å². The third-order valence-corrected chi connectivity index (χ3v) is 5.74. The van der Waals surface area contributed by atoms with Crippen molar-refractivity contribution in [2.45, 2.75) is 11.3 Å². The van der Waals surface area contributed by atoms with Crippen molar-refractivity contribution in [3.05, 3.63) is 52.0 Å². The molecule has 0 radical (unpaired) electrons. The first kappa shape index (κ1) is 14.5. The molecule has 3 rings (SSSR count). The molecule has 1 heterocycles. The Labute approximate surface area is 132 Å². The summed E-state index contributed by atoms with van der Waals surface area (Å²) in [5.74, 6) is -0.481. The van der Waals surface area contributed by atoms with E-state index >= 15 is 0 Å². The molecule has 0 fully saturated rings. The molecule has 1 aliphatic heterocycles. The third-order valence-electron chi connectivity index (χ3n) is 3.41. The van der Waals surface area contributed by atoms with Crippen molar-refractivity contribution in [3.63, 3.8) is 0 Å². The van der Waals surface area contributed by atoms with Gasteiger partial charge in [0.05, 0.1) is 10.7 Å². The number of halogens is 2. The summed E-state index contributed by atoms with van der Waals surface area (Å²) in [6.07, 6.45) is 0.629. The topological polar surface area (TPSA) is 57.6 Å². The summed E-state index contributed by atoms with van der Waals surface area (Å²) in [5, 5.41) is 10.0. The minimum absolute atomic E-state index is 0.0893. The Morgan fingerprint density at radius 3 is 2.62 bits per heavy atom. The minimum Gasteiger partial charge on any atom is -0.505 e. The smallest absolute Gasteiger partial charge is 0.268 e. The lowest BCUT2D eigenvalue weighted by Crippen LogP contribution is -2.29. The molecule has 1 aliphatic rings. The number of phenolic OH excluding ortho intramolecular Hbond substituents is 1. The van der Waals surface area contributed by atoms with Gasteiger partial charge in [-0.2, -0.15) is 0 Å². The summed E-state index contributed by atoms with van der Waals surface area (Å²) >= 11 is 11.7. The number of fused-ring (bicyclic) bond motifs is 1. The molecule has 2 aromatic rings. The van der Waals surface area contributed by atoms with Crippen molar-refractivity contribution in [1.29, 1.82) is 0 Å². The van der Waals surface area contributed by atoms with Gasteiger partial charge < -0.3 is 5.11 Å². The fraction of sp³-hybridized carbons (Fsp3) is 0.143. The highest BCUT2D eigenvalue weighted by Gasteiger charge is 2.33. The van der Waals surface area contributed by atoms with Crippen LogP contribution in [0.25, 0.3) is 0 Å². The molecule has 0 aliphatic carbocycles. The lowest BCUT2D eigenvalue weighted by molar-refractivity contribution is 0.459. The van der Waals surface area contributed by atoms with Crippen LogP contribution in [0.2, 0.25) is 10.0 Å². The van der Waals surface area contributed by atoms with E-state index in [0.717, 1.165) is 5.56 Å². The predicted molar refractivity (Wildman–Crippen MR) is 82.8 cm³/mol. The van der Waals surface area contributed by atoms with Crippen LogP contribution in [-0.2, 0) is 16.4 Å². The minimum atomic E-state index is -3.91. The van der Waals surface area contributed by atoms with Gasteiger partial charge in [-0.1, -0.05) is 41.4 Å². The number of anilines is 1. The van der Waals surface area contributed by atoms with Gasteiger partial charge in [-0.15, -0.1) is 0 Å². The van der Waals surface area contributed by atoms with Crippen LogP contribution in [0.15, 0.2) is 41.3 Å². The number of hydrogen-bond donors (Lipinski definition) is 1. The van der Waals surface area contributed by atoms with Crippen LogP contribution in [0.1, 0.15) is 5.56 Å². The van der Waals surface area contributed by atoms with Crippen LogP contribution in [0.3, 0.4) is 0 Å². The van der Waals surface area contributed by atoms with Crippen molar-refractivity contribution in [2.75, 3.05) is 10.8 Å². The first-order chi connectivity index (χ1) is 9.91. The molecule has 2 aromatic carbocycles. The van der Waals surface area contributed by atoms with Gasteiger partial charge in [-0.05, 0) is 30.2 Å². The van der Waals surface area contributed by atoms with E-state index < -0.39 is 15.8 Å². The fourth-order valence-electron chi connectivity index (χ4n) is 2.42. The van der Waals surface area contributed by atoms with Crippen molar-refractivity contribution in [1.82, 2.24) is 0 Å². The molecule has 7 heteroatoms. The molecule has 4 nitrogen and oxygen atoms in total. The fourth-order valence-corrected chi connectivity index (χ4v) is 4.67. The second kappa shape index (κ2) is 5.09. The van der Waals surface area contributed by atoms with Gasteiger partial charge in [0, 0.05) is 11.6 Å². The molecule has 0 bridgehead atoms. The molecule has 0 atom stereocenters. The van der Waals surface area contributed by atoms with Gasteiger partial charge in [0.15, 0.2) is 5.75 Å². The van der Waals surface area contributed by atoms with Crippen LogP contribution in [0.4, 0.5) is 5.69 Å². The van der Waals surface area contributed by atoms with Gasteiger partial charge in [-0.3, -0.25) is 4.31 Å². The summed E-state index contributed by atoms with van der Waals surface area (Å²) in [6.45, 7) is 0.325. The largest absolute Gasteiger partial charge is 0.505 e. The van der Waals surface area contributed by atoms with Crippen LogP contribution >= 0.6 is 23.2 Å². The van der Waals surface area contributed by atoms with E-state index in [1.807, 2.05) is 12.1 Å². The molecule has 0 saturated heterocycles. The third kappa shape index (κ3) is 2.35. The maximum absolute atomic E-state index is 12.8. The highest BCUT2D eigenvalue weighted by Crippen LogP contribution is 2.39. The quantitative estimate of drug-likeness (QED) is 0.908. The van der Waals surface area contributed by atoms with E-state index in [-0.39, 0.29) is 14.9 Å². The Balaban J connectivity index is 2.15. The normalized spacial score (nSPS) is 14.3. The first-order valence-electron chi connectivity index (χ1n) is 6.20. The zero-order valence-corrected chi connectivity index (χ0v) is 13.1. The highest BCUT2D eigenvalue weighted by molar-refractivity contribution is 7.93. The summed E-state index contributed by atoms with van der Waals surface area (Å²) in [5.41, 5.74) is 1.57. The maximum Gasteiger partial charge on any atom is 0.268 e. The van der Waals surface area contributed by atoms with Gasteiger partial charge in [-0.25, -0.2) is 8.42 Å². The summed E-state index contributed by atoms with van der Waals surface area (Å²) in [6, 6.07) is 9.77. The van der Waals surface area contributed by atoms with Crippen LogP contribution < -0.4 is 4.31 Å². The summed E-state index contributed by atoms with van der Waals surface area (Å²) in [7, 11) is -3.91.